The lowest BCUT2D eigenvalue weighted by atomic mass is 10.8. The molecular formula is C6H12O7. The van der Waals surface area contributed by atoms with Crippen molar-refractivity contribution in [3.05, 3.63) is 0 Å². The van der Waals surface area contributed by atoms with Crippen molar-refractivity contribution in [1.29, 1.82) is 0 Å². The first kappa shape index (κ1) is 14.3. The van der Waals surface area contributed by atoms with Crippen molar-refractivity contribution in [2.45, 2.75) is 0 Å². The van der Waals surface area contributed by atoms with Crippen LogP contribution in [0.1, 0.15) is 0 Å². The fraction of sp³-hybridized carbons (Fsp3) is 0.667. The molecule has 1 rings (SSSR count). The van der Waals surface area contributed by atoms with Crippen LogP contribution in [0.5, 0.6) is 0 Å². The van der Waals surface area contributed by atoms with Crippen molar-refractivity contribution in [3.63, 3.8) is 0 Å². The third-order valence-electron chi connectivity index (χ3n) is 0.475. The molecule has 0 aromatic rings. The Morgan fingerprint density at radius 1 is 1.00 bits per heavy atom. The van der Waals surface area contributed by atoms with E-state index in [1.807, 2.05) is 0 Å². The summed E-state index contributed by atoms with van der Waals surface area (Å²) in [5.74, 6) is -2.38. The van der Waals surface area contributed by atoms with Crippen molar-refractivity contribution in [2.24, 2.45) is 0 Å². The highest BCUT2D eigenvalue weighted by Gasteiger charge is 1.94. The van der Waals surface area contributed by atoms with Crippen LogP contribution in [0.4, 0.5) is 0 Å². The van der Waals surface area contributed by atoms with Gasteiger partial charge in [-0.25, -0.2) is 9.59 Å². The van der Waals surface area contributed by atoms with E-state index < -0.39 is 25.2 Å². The molecule has 0 spiro atoms. The van der Waals surface area contributed by atoms with Crippen LogP contribution in [0.2, 0.25) is 0 Å². The molecule has 1 aliphatic heterocycles. The first-order valence-electron chi connectivity index (χ1n) is 3.27. The second-order valence-corrected chi connectivity index (χ2v) is 1.72. The molecule has 1 saturated heterocycles. The Bertz CT molecular complexity index is 125. The maximum atomic E-state index is 9.12. The van der Waals surface area contributed by atoms with Crippen molar-refractivity contribution >= 4 is 11.9 Å². The summed E-state index contributed by atoms with van der Waals surface area (Å²) in [5.41, 5.74) is 0. The van der Waals surface area contributed by atoms with Gasteiger partial charge in [-0.3, -0.25) is 0 Å². The highest BCUT2D eigenvalue weighted by atomic mass is 16.6. The van der Waals surface area contributed by atoms with Gasteiger partial charge in [-0.1, -0.05) is 0 Å². The van der Waals surface area contributed by atoms with Gasteiger partial charge in [-0.2, -0.15) is 0 Å². The summed E-state index contributed by atoms with van der Waals surface area (Å²) in [6.45, 7) is 0.444. The molecule has 0 aliphatic carbocycles. The zero-order valence-corrected chi connectivity index (χ0v) is 6.84. The number of aliphatic carboxylic acids is 2. The first-order valence-corrected chi connectivity index (χ1v) is 3.27. The summed E-state index contributed by atoms with van der Waals surface area (Å²) < 4.78 is 4.50. The fourth-order valence-corrected chi connectivity index (χ4v) is 0. The topological polar surface area (TPSA) is 128 Å². The van der Waals surface area contributed by atoms with Gasteiger partial charge in [0.2, 0.25) is 0 Å². The lowest BCUT2D eigenvalue weighted by Crippen LogP contribution is -1.98. The van der Waals surface area contributed by atoms with E-state index in [9.17, 15) is 0 Å². The maximum Gasteiger partial charge on any atom is 0.329 e. The smallest absolute Gasteiger partial charge is 0.329 e. The minimum atomic E-state index is -1.19. The number of hydrogen-bond acceptors (Lipinski definition) is 5. The van der Waals surface area contributed by atoms with Gasteiger partial charge in [0.15, 0.2) is 0 Å². The summed E-state index contributed by atoms with van der Waals surface area (Å²) in [6.07, 6.45) is 0. The molecule has 0 radical (unpaired) electrons. The average molecular weight is 196 g/mol. The average Bonchev–Trinajstić information content (AvgIpc) is 2.91. The Morgan fingerprint density at radius 2 is 1.15 bits per heavy atom. The van der Waals surface area contributed by atoms with Gasteiger partial charge in [0.25, 0.3) is 0 Å². The van der Waals surface area contributed by atoms with E-state index in [-0.39, 0.29) is 0 Å². The number of aliphatic hydroxyl groups excluding tert-OH is 2. The van der Waals surface area contributed by atoms with E-state index in [0.717, 1.165) is 13.2 Å². The summed E-state index contributed by atoms with van der Waals surface area (Å²) in [6, 6.07) is 0. The molecular weight excluding hydrogens is 184 g/mol. The van der Waals surface area contributed by atoms with Gasteiger partial charge < -0.3 is 25.2 Å². The SMILES string of the molecule is C1CO1.O=C(O)CO.O=C(O)CO. The number of hydrogen-bond donors (Lipinski definition) is 4. The van der Waals surface area contributed by atoms with Crippen molar-refractivity contribution in [2.75, 3.05) is 26.4 Å². The molecule has 7 heteroatoms. The Hall–Kier alpha value is -1.18. The van der Waals surface area contributed by atoms with Crippen LogP contribution >= 0.6 is 0 Å². The van der Waals surface area contributed by atoms with Gasteiger partial charge in [0.1, 0.15) is 13.2 Å². The molecule has 0 atom stereocenters. The summed E-state index contributed by atoms with van der Waals surface area (Å²) >= 11 is 0. The van der Waals surface area contributed by atoms with E-state index in [1.54, 1.807) is 0 Å². The summed E-state index contributed by atoms with van der Waals surface area (Å²) in [7, 11) is 0. The highest BCUT2D eigenvalue weighted by Crippen LogP contribution is 1.84. The maximum absolute atomic E-state index is 9.12. The molecule has 7 nitrogen and oxygen atoms in total. The summed E-state index contributed by atoms with van der Waals surface area (Å²) in [5, 5.41) is 30.0. The third-order valence-corrected chi connectivity index (χ3v) is 0.475. The van der Waals surface area contributed by atoms with Crippen LogP contribution in [0.3, 0.4) is 0 Å². The molecule has 0 amide bonds. The molecule has 4 N–H and O–H groups in total. The number of carbonyl (C=O) groups is 2. The fourth-order valence-electron chi connectivity index (χ4n) is 0. The molecule has 1 aliphatic rings. The molecule has 0 saturated carbocycles. The Labute approximate surface area is 74.2 Å². The van der Waals surface area contributed by atoms with Crippen LogP contribution in [-0.2, 0) is 14.3 Å². The molecule has 1 fully saturated rings. The number of epoxide rings is 1. The predicted octanol–water partition coefficient (Wildman–Crippen LogP) is -1.86. The van der Waals surface area contributed by atoms with E-state index in [2.05, 4.69) is 4.74 Å². The number of rotatable bonds is 2. The zero-order chi connectivity index (χ0) is 10.7. The minimum Gasteiger partial charge on any atom is -0.480 e. The van der Waals surface area contributed by atoms with Gasteiger partial charge in [0, 0.05) is 0 Å². The van der Waals surface area contributed by atoms with Crippen LogP contribution in [-0.4, -0.2) is 58.8 Å². The lowest BCUT2D eigenvalue weighted by molar-refractivity contribution is -0.141. The highest BCUT2D eigenvalue weighted by molar-refractivity contribution is 5.67. The minimum absolute atomic E-state index is 0.778. The van der Waals surface area contributed by atoms with Gasteiger partial charge in [-0.05, 0) is 0 Å². The molecule has 0 bridgehead atoms. The van der Waals surface area contributed by atoms with E-state index in [1.165, 1.54) is 0 Å². The predicted molar refractivity (Wildman–Crippen MR) is 40.3 cm³/mol. The van der Waals surface area contributed by atoms with Crippen molar-refractivity contribution in [1.82, 2.24) is 0 Å². The Morgan fingerprint density at radius 3 is 1.15 bits per heavy atom. The molecule has 13 heavy (non-hydrogen) atoms. The van der Waals surface area contributed by atoms with Gasteiger partial charge in [-0.15, -0.1) is 0 Å². The Kier molecular flexibility index (Phi) is 11.9. The standard InChI is InChI=1S/2C2H4O3.C2H4O/c2*3-1-2(4)5;1-2-3-1/h2*3H,1H2,(H,4,5);1-2H2. The van der Waals surface area contributed by atoms with E-state index in [4.69, 9.17) is 30.0 Å². The van der Waals surface area contributed by atoms with Crippen LogP contribution < -0.4 is 0 Å². The number of carboxylic acids is 2. The molecule has 0 unspecified atom stereocenters. The molecule has 0 aromatic carbocycles. The van der Waals surface area contributed by atoms with Crippen LogP contribution in [0, 0.1) is 0 Å². The molecule has 78 valence electrons. The zero-order valence-electron chi connectivity index (χ0n) is 6.84. The second-order valence-electron chi connectivity index (χ2n) is 1.72. The number of aliphatic hydroxyl groups is 2. The lowest BCUT2D eigenvalue weighted by Gasteiger charge is -1.72. The van der Waals surface area contributed by atoms with Crippen molar-refractivity contribution in [3.8, 4) is 0 Å². The first-order chi connectivity index (χ1) is 6.04. The summed E-state index contributed by atoms with van der Waals surface area (Å²) in [4.78, 5) is 18.2. The van der Waals surface area contributed by atoms with Crippen LogP contribution in [0.25, 0.3) is 0 Å². The van der Waals surface area contributed by atoms with Gasteiger partial charge >= 0.3 is 11.9 Å². The number of carboxylic acid groups (broad SMARTS) is 2. The molecule has 1 heterocycles. The monoisotopic (exact) mass is 196 g/mol. The van der Waals surface area contributed by atoms with Gasteiger partial charge in [0.05, 0.1) is 13.2 Å². The van der Waals surface area contributed by atoms with Crippen molar-refractivity contribution < 1.29 is 34.8 Å². The van der Waals surface area contributed by atoms with E-state index >= 15 is 0 Å². The third kappa shape index (κ3) is 57.7. The quantitative estimate of drug-likeness (QED) is 0.381. The molecule has 0 aromatic heterocycles. The normalized spacial score (nSPS) is 11.2. The Balaban J connectivity index is 0. The van der Waals surface area contributed by atoms with Crippen LogP contribution in [0.15, 0.2) is 0 Å². The van der Waals surface area contributed by atoms with E-state index in [0.29, 0.717) is 0 Å². The largest absolute Gasteiger partial charge is 0.480 e. The second kappa shape index (κ2) is 10.8. The number of ether oxygens (including phenoxy) is 1.